The summed E-state index contributed by atoms with van der Waals surface area (Å²) in [4.78, 5) is 164. The van der Waals surface area contributed by atoms with Gasteiger partial charge in [-0.25, -0.2) is 0 Å². The highest BCUT2D eigenvalue weighted by Crippen LogP contribution is 2.09. The molecule has 0 saturated carbocycles. The minimum Gasteiger partial charge on any atom is -0.480 e. The van der Waals surface area contributed by atoms with Crippen LogP contribution in [-0.4, -0.2) is 342 Å². The standard InChI is InChI=1S/C64H116N14O24.C5H11N/c1-49(62(65)92)10-3-6-16-68-55(82)44-98-37-36-97-32-20-71-56(83)45-99-38-34-95-30-18-69-53(80)14-9-13-52(79)67-15-8-5-12-51(64(94)73-17-7-4-11-50(2)63(66)93)74-58(85)47-102-48-101-33-21-72-57(84)46-100-39-35-96-31-19-70-54(81)40-75-22-24-76(41-59(86)87)26-28-78(43-61(90)91)29-27-77(25-23-75)42-60(88)89;1-2-3-4-5-6/h49-51H,3-48H2,1-2H3,(H2,65,92)(H2,66,93)(H,67,79)(H,68,82)(H,69,80)(H,70,81)(H,71,83)(H,72,84)(H,73,94)(H,74,85)(H,86,87)(H,88,89)(H,90,91);4-5H,2-3,6H2,1H3/t49-,50-,51-;/m0./s1. The summed E-state index contributed by atoms with van der Waals surface area (Å²) >= 11 is 0. The Kier molecular flexibility index (Phi) is 63.5. The van der Waals surface area contributed by atoms with Gasteiger partial charge in [-0.3, -0.25) is 81.9 Å². The van der Waals surface area contributed by atoms with Gasteiger partial charge in [-0.05, 0) is 64.0 Å². The maximum atomic E-state index is 13.2. The first-order valence-corrected chi connectivity index (χ1v) is 37.1. The van der Waals surface area contributed by atoms with Gasteiger partial charge in [0.05, 0.1) is 92.2 Å². The molecule has 1 aliphatic rings. The lowest BCUT2D eigenvalue weighted by Crippen LogP contribution is -2.50. The molecule has 0 aromatic heterocycles. The average Bonchev–Trinajstić information content (AvgIpc) is 0.908. The maximum absolute atomic E-state index is 13.2. The van der Waals surface area contributed by atoms with Crippen LogP contribution in [0.1, 0.15) is 111 Å². The molecule has 0 aromatic rings. The fraction of sp³-hybridized carbons (Fsp3) is 0.783. The van der Waals surface area contributed by atoms with Gasteiger partial charge in [0.2, 0.25) is 59.1 Å². The van der Waals surface area contributed by atoms with Crippen molar-refractivity contribution < 1.29 is 116 Å². The van der Waals surface area contributed by atoms with Crippen molar-refractivity contribution in [3.63, 3.8) is 0 Å². The number of hydrogen-bond donors (Lipinski definition) is 14. The van der Waals surface area contributed by atoms with Crippen LogP contribution in [0.4, 0.5) is 0 Å². The van der Waals surface area contributed by atoms with E-state index >= 15 is 0 Å². The molecule has 10 amide bonds. The third-order valence-electron chi connectivity index (χ3n) is 15.9. The Labute approximate surface area is 634 Å². The molecule has 1 aliphatic heterocycles. The van der Waals surface area contributed by atoms with E-state index in [-0.39, 0.29) is 251 Å². The highest BCUT2D eigenvalue weighted by molar-refractivity contribution is 5.88. The lowest BCUT2D eigenvalue weighted by molar-refractivity contribution is -0.140. The number of ether oxygens (including phenoxy) is 8. The van der Waals surface area contributed by atoms with Gasteiger partial charge in [0.15, 0.2) is 0 Å². The van der Waals surface area contributed by atoms with E-state index in [0.29, 0.717) is 77.7 Å². The molecule has 39 heteroatoms. The van der Waals surface area contributed by atoms with E-state index in [9.17, 15) is 77.6 Å². The summed E-state index contributed by atoms with van der Waals surface area (Å²) in [5.41, 5.74) is 15.6. The quantitative estimate of drug-likeness (QED) is 0.0204. The SMILES string of the molecule is CCCC=CN.C[C@@H](CCCCNC(=O)COCCOCCNC(=O)COCCOCCNC(=O)CCCC(=O)NCCCC[C@H](NC(=O)COCOCCNC(=O)COCCOCCNC(=O)CN1CCN(CC(=O)O)CCN(CC(=O)O)CCN(CC(=O)O)CC1)C(=O)NCCCC[C@H](C)C(N)=O)C(N)=O. The summed E-state index contributed by atoms with van der Waals surface area (Å²) in [5.74, 6) is -7.28. The Hall–Kier alpha value is -7.83. The molecule has 3 atom stereocenters. The third-order valence-corrected chi connectivity index (χ3v) is 15.9. The van der Waals surface area contributed by atoms with Crippen molar-refractivity contribution in [3.05, 3.63) is 12.3 Å². The summed E-state index contributed by atoms with van der Waals surface area (Å²) in [6.45, 7) is 8.97. The Morgan fingerprint density at radius 2 is 0.713 bits per heavy atom. The van der Waals surface area contributed by atoms with E-state index < -0.39 is 54.2 Å². The minimum absolute atomic E-state index is 0.0370. The molecule has 1 fully saturated rings. The number of carboxylic acid groups (broad SMARTS) is 3. The number of rotatable bonds is 64. The highest BCUT2D eigenvalue weighted by Gasteiger charge is 2.24. The maximum Gasteiger partial charge on any atom is 0.317 e. The van der Waals surface area contributed by atoms with Crippen LogP contribution in [0.2, 0.25) is 0 Å². The Balaban J connectivity index is 0.0000182. The lowest BCUT2D eigenvalue weighted by atomic mass is 10.0. The Bertz CT molecular complexity index is 2540. The van der Waals surface area contributed by atoms with Crippen LogP contribution in [-0.2, 0) is 100 Å². The normalized spacial score (nSPS) is 14.1. The molecule has 0 radical (unpaired) electrons. The van der Waals surface area contributed by atoms with Crippen molar-refractivity contribution in [2.75, 3.05) is 224 Å². The van der Waals surface area contributed by atoms with Crippen LogP contribution in [0.3, 0.4) is 0 Å². The molecule has 17 N–H and O–H groups in total. The van der Waals surface area contributed by atoms with E-state index in [2.05, 4.69) is 49.5 Å². The number of unbranched alkanes of at least 4 members (excludes halogenated alkanes) is 4. The molecule has 108 heavy (non-hydrogen) atoms. The number of nitrogens with zero attached hydrogens (tertiary/aromatic N) is 4. The zero-order chi connectivity index (χ0) is 80.2. The number of aliphatic carboxylic acids is 3. The minimum atomic E-state index is -1.06. The third kappa shape index (κ3) is 64.2. The molecule has 39 nitrogen and oxygen atoms in total. The Morgan fingerprint density at radius 3 is 1.09 bits per heavy atom. The Morgan fingerprint density at radius 1 is 0.380 bits per heavy atom. The number of carbonyl (C=O) groups excluding carboxylic acids is 10. The summed E-state index contributed by atoms with van der Waals surface area (Å²) in [7, 11) is 0. The van der Waals surface area contributed by atoms with Gasteiger partial charge in [0, 0.05) is 123 Å². The van der Waals surface area contributed by atoms with Gasteiger partial charge in [0.25, 0.3) is 0 Å². The van der Waals surface area contributed by atoms with Crippen molar-refractivity contribution in [2.24, 2.45) is 29.0 Å². The van der Waals surface area contributed by atoms with Crippen LogP contribution >= 0.6 is 0 Å². The van der Waals surface area contributed by atoms with Crippen LogP contribution in [0.5, 0.6) is 0 Å². The van der Waals surface area contributed by atoms with E-state index in [1.54, 1.807) is 39.6 Å². The number of carboxylic acids is 3. The average molecular weight is 1550 g/mol. The second-order valence-corrected chi connectivity index (χ2v) is 25.3. The van der Waals surface area contributed by atoms with Crippen molar-refractivity contribution >= 4 is 77.0 Å². The molecule has 0 aromatic carbocycles. The van der Waals surface area contributed by atoms with Crippen LogP contribution < -0.4 is 59.7 Å². The van der Waals surface area contributed by atoms with Crippen molar-refractivity contribution in [1.82, 2.24) is 62.1 Å². The predicted octanol–water partition coefficient (Wildman–Crippen LogP) is -3.97. The summed E-state index contributed by atoms with van der Waals surface area (Å²) in [5, 5.41) is 50.1. The molecule has 0 unspecified atom stereocenters. The predicted molar refractivity (Wildman–Crippen MR) is 394 cm³/mol. The van der Waals surface area contributed by atoms with Gasteiger partial charge in [-0.2, -0.15) is 0 Å². The monoisotopic (exact) mass is 1550 g/mol. The number of primary amides is 2. The van der Waals surface area contributed by atoms with Crippen molar-refractivity contribution in [2.45, 2.75) is 117 Å². The number of allylic oxidation sites excluding steroid dienone is 1. The summed E-state index contributed by atoms with van der Waals surface area (Å²) in [6, 6.07) is -0.927. The second kappa shape index (κ2) is 68.4. The molecule has 0 spiro atoms. The van der Waals surface area contributed by atoms with E-state index in [0.717, 1.165) is 19.3 Å². The van der Waals surface area contributed by atoms with Gasteiger partial charge in [-0.1, -0.05) is 46.1 Å². The molecular weight excluding hydrogens is 1420 g/mol. The molecule has 1 heterocycles. The first-order valence-electron chi connectivity index (χ1n) is 37.1. The molecule has 1 rings (SSSR count). The topological polar surface area (TPSA) is 544 Å². The lowest BCUT2D eigenvalue weighted by Gasteiger charge is -2.32. The smallest absolute Gasteiger partial charge is 0.317 e. The van der Waals surface area contributed by atoms with Gasteiger partial charge >= 0.3 is 17.9 Å². The number of hydrogen-bond acceptors (Lipinski definition) is 26. The second-order valence-electron chi connectivity index (χ2n) is 25.3. The summed E-state index contributed by atoms with van der Waals surface area (Å²) in [6.07, 6.45) is 11.5. The van der Waals surface area contributed by atoms with Gasteiger partial charge < -0.3 is 113 Å². The number of amides is 10. The van der Waals surface area contributed by atoms with E-state index in [1.165, 1.54) is 6.42 Å². The van der Waals surface area contributed by atoms with Gasteiger partial charge in [0.1, 0.15) is 39.3 Å². The molecule has 0 aliphatic carbocycles. The first kappa shape index (κ1) is 100. The number of carbonyl (C=O) groups is 13. The number of nitrogens with two attached hydrogens (primary N) is 3. The number of nitrogens with one attached hydrogen (secondary N) is 8. The van der Waals surface area contributed by atoms with Gasteiger partial charge in [-0.15, -0.1) is 0 Å². The zero-order valence-electron chi connectivity index (χ0n) is 63.8. The highest BCUT2D eigenvalue weighted by atomic mass is 16.7. The van der Waals surface area contributed by atoms with Crippen LogP contribution in [0, 0.1) is 11.8 Å². The largest absolute Gasteiger partial charge is 0.480 e. The van der Waals surface area contributed by atoms with Crippen molar-refractivity contribution in [1.29, 1.82) is 0 Å². The fourth-order valence-electron chi connectivity index (χ4n) is 9.71. The molecule has 622 valence electrons. The van der Waals surface area contributed by atoms with Crippen molar-refractivity contribution in [3.8, 4) is 0 Å². The first-order chi connectivity index (χ1) is 51.8. The zero-order valence-corrected chi connectivity index (χ0v) is 63.8. The molecular formula is C69H127N15O24. The summed E-state index contributed by atoms with van der Waals surface area (Å²) < 4.78 is 43.0. The molecule has 0 bridgehead atoms. The van der Waals surface area contributed by atoms with E-state index in [1.807, 2.05) is 6.08 Å². The van der Waals surface area contributed by atoms with Crippen LogP contribution in [0.25, 0.3) is 0 Å². The van der Waals surface area contributed by atoms with Crippen LogP contribution in [0.15, 0.2) is 12.3 Å². The van der Waals surface area contributed by atoms with E-state index in [4.69, 9.17) is 55.1 Å². The fourth-order valence-corrected chi connectivity index (χ4v) is 9.71. The molecule has 1 saturated heterocycles.